The first-order chi connectivity index (χ1) is 8.52. The maximum atomic E-state index is 11.5. The van der Waals surface area contributed by atoms with Gasteiger partial charge in [0, 0.05) is 31.1 Å². The number of hydrogen-bond acceptors (Lipinski definition) is 3. The number of nitrogens with one attached hydrogen (secondary N) is 1. The zero-order chi connectivity index (χ0) is 13.5. The van der Waals surface area contributed by atoms with Gasteiger partial charge in [0.05, 0.1) is 6.10 Å². The minimum absolute atomic E-state index is 0.0685. The molecular formula is C13H19ClN2O2. The quantitative estimate of drug-likeness (QED) is 0.830. The second-order valence-electron chi connectivity index (χ2n) is 4.26. The van der Waals surface area contributed by atoms with Crippen LogP contribution in [0.4, 0.5) is 0 Å². The van der Waals surface area contributed by atoms with E-state index >= 15 is 0 Å². The maximum Gasteiger partial charge on any atom is 0.221 e. The Morgan fingerprint density at radius 2 is 2.06 bits per heavy atom. The van der Waals surface area contributed by atoms with Crippen molar-refractivity contribution in [1.82, 2.24) is 5.32 Å². The smallest absolute Gasteiger partial charge is 0.221 e. The van der Waals surface area contributed by atoms with Gasteiger partial charge in [-0.25, -0.2) is 0 Å². The lowest BCUT2D eigenvalue weighted by atomic mass is 10.1. The SMILES string of the molecule is COC(CNC(=O)CC(C)N)c1ccc(Cl)cc1. The summed E-state index contributed by atoms with van der Waals surface area (Å²) in [6.45, 7) is 2.22. The minimum Gasteiger partial charge on any atom is -0.375 e. The van der Waals surface area contributed by atoms with E-state index in [1.54, 1.807) is 26.2 Å². The molecule has 0 saturated carbocycles. The molecule has 0 aliphatic carbocycles. The normalized spacial score (nSPS) is 14.0. The van der Waals surface area contributed by atoms with Crippen molar-refractivity contribution in [2.24, 2.45) is 5.73 Å². The molecule has 0 aliphatic rings. The molecule has 2 atom stereocenters. The number of ether oxygens (including phenoxy) is 1. The predicted octanol–water partition coefficient (Wildman–Crippen LogP) is 1.88. The Hall–Kier alpha value is -1.10. The lowest BCUT2D eigenvalue weighted by Gasteiger charge is -2.17. The number of amides is 1. The second-order valence-corrected chi connectivity index (χ2v) is 4.70. The Labute approximate surface area is 112 Å². The van der Waals surface area contributed by atoms with Crippen LogP contribution in [-0.4, -0.2) is 25.6 Å². The summed E-state index contributed by atoms with van der Waals surface area (Å²) < 4.78 is 5.34. The molecule has 100 valence electrons. The van der Waals surface area contributed by atoms with Crippen LogP contribution in [0.15, 0.2) is 24.3 Å². The van der Waals surface area contributed by atoms with Crippen molar-refractivity contribution in [3.63, 3.8) is 0 Å². The molecule has 0 aromatic heterocycles. The number of carbonyl (C=O) groups is 1. The van der Waals surface area contributed by atoms with Gasteiger partial charge in [0.25, 0.3) is 0 Å². The van der Waals surface area contributed by atoms with Gasteiger partial charge < -0.3 is 15.8 Å². The number of benzene rings is 1. The van der Waals surface area contributed by atoms with E-state index in [1.807, 2.05) is 12.1 Å². The molecule has 1 amide bonds. The first-order valence-electron chi connectivity index (χ1n) is 5.83. The molecule has 0 bridgehead atoms. The largest absolute Gasteiger partial charge is 0.375 e. The Morgan fingerprint density at radius 1 is 1.44 bits per heavy atom. The van der Waals surface area contributed by atoms with Gasteiger partial charge in [-0.15, -0.1) is 0 Å². The monoisotopic (exact) mass is 270 g/mol. The van der Waals surface area contributed by atoms with Crippen LogP contribution in [0.1, 0.15) is 25.0 Å². The van der Waals surface area contributed by atoms with Crippen LogP contribution in [0, 0.1) is 0 Å². The van der Waals surface area contributed by atoms with E-state index in [0.29, 0.717) is 18.0 Å². The van der Waals surface area contributed by atoms with Gasteiger partial charge in [-0.1, -0.05) is 23.7 Å². The summed E-state index contributed by atoms with van der Waals surface area (Å²) in [7, 11) is 1.61. The average molecular weight is 271 g/mol. The van der Waals surface area contributed by atoms with Gasteiger partial charge in [0.15, 0.2) is 0 Å². The summed E-state index contributed by atoms with van der Waals surface area (Å²) >= 11 is 5.82. The minimum atomic E-state index is -0.181. The summed E-state index contributed by atoms with van der Waals surface area (Å²) in [4.78, 5) is 11.5. The highest BCUT2D eigenvalue weighted by Crippen LogP contribution is 2.18. The third-order valence-corrected chi connectivity index (χ3v) is 2.77. The molecule has 3 N–H and O–H groups in total. The standard InChI is InChI=1S/C13H19ClN2O2/c1-9(15)7-13(17)16-8-12(18-2)10-3-5-11(14)6-4-10/h3-6,9,12H,7-8,15H2,1-2H3,(H,16,17). The molecule has 18 heavy (non-hydrogen) atoms. The number of halogens is 1. The number of rotatable bonds is 6. The second kappa shape index (κ2) is 7.36. The zero-order valence-electron chi connectivity index (χ0n) is 10.7. The molecule has 1 aromatic rings. The Balaban J connectivity index is 2.52. The fourth-order valence-electron chi connectivity index (χ4n) is 1.59. The lowest BCUT2D eigenvalue weighted by molar-refractivity contribution is -0.121. The molecule has 0 radical (unpaired) electrons. The molecule has 5 heteroatoms. The van der Waals surface area contributed by atoms with Crippen LogP contribution in [-0.2, 0) is 9.53 Å². The van der Waals surface area contributed by atoms with Crippen molar-refractivity contribution < 1.29 is 9.53 Å². The number of carbonyl (C=O) groups excluding carboxylic acids is 1. The van der Waals surface area contributed by atoms with Gasteiger partial charge in [-0.05, 0) is 24.6 Å². The van der Waals surface area contributed by atoms with E-state index < -0.39 is 0 Å². The van der Waals surface area contributed by atoms with Crippen molar-refractivity contribution in [3.05, 3.63) is 34.9 Å². The molecule has 0 heterocycles. The predicted molar refractivity (Wildman–Crippen MR) is 72.5 cm³/mol. The van der Waals surface area contributed by atoms with Crippen molar-refractivity contribution in [2.45, 2.75) is 25.5 Å². The van der Waals surface area contributed by atoms with E-state index in [0.717, 1.165) is 5.56 Å². The Kier molecular flexibility index (Phi) is 6.12. The van der Waals surface area contributed by atoms with Gasteiger partial charge in [-0.2, -0.15) is 0 Å². The van der Waals surface area contributed by atoms with Gasteiger partial charge in [0.2, 0.25) is 5.91 Å². The fourth-order valence-corrected chi connectivity index (χ4v) is 1.71. The number of hydrogen-bond donors (Lipinski definition) is 2. The van der Waals surface area contributed by atoms with E-state index in [-0.39, 0.29) is 18.1 Å². The van der Waals surface area contributed by atoms with E-state index in [2.05, 4.69) is 5.32 Å². The highest BCUT2D eigenvalue weighted by atomic mass is 35.5. The first-order valence-corrected chi connectivity index (χ1v) is 6.21. The Morgan fingerprint density at radius 3 is 2.56 bits per heavy atom. The molecule has 0 saturated heterocycles. The van der Waals surface area contributed by atoms with Crippen LogP contribution < -0.4 is 11.1 Å². The first kappa shape index (κ1) is 15.0. The third kappa shape index (κ3) is 5.04. The molecule has 0 spiro atoms. The van der Waals surface area contributed by atoms with Crippen molar-refractivity contribution in [2.75, 3.05) is 13.7 Å². The van der Waals surface area contributed by atoms with Crippen LogP contribution in [0.3, 0.4) is 0 Å². The highest BCUT2D eigenvalue weighted by Gasteiger charge is 2.12. The van der Waals surface area contributed by atoms with E-state index in [4.69, 9.17) is 22.1 Å². The van der Waals surface area contributed by atoms with Crippen LogP contribution in [0.2, 0.25) is 5.02 Å². The van der Waals surface area contributed by atoms with Crippen LogP contribution in [0.25, 0.3) is 0 Å². The topological polar surface area (TPSA) is 64.3 Å². The summed E-state index contributed by atoms with van der Waals surface area (Å²) in [6.07, 6.45) is 0.135. The molecule has 1 rings (SSSR count). The van der Waals surface area contributed by atoms with Crippen LogP contribution in [0.5, 0.6) is 0 Å². The van der Waals surface area contributed by atoms with E-state index in [1.165, 1.54) is 0 Å². The van der Waals surface area contributed by atoms with E-state index in [9.17, 15) is 4.79 Å². The summed E-state index contributed by atoms with van der Waals surface area (Å²) in [5, 5.41) is 3.48. The number of methoxy groups -OCH3 is 1. The maximum absolute atomic E-state index is 11.5. The molecule has 4 nitrogen and oxygen atoms in total. The number of nitrogens with two attached hydrogens (primary N) is 1. The van der Waals surface area contributed by atoms with Crippen LogP contribution >= 0.6 is 11.6 Å². The third-order valence-electron chi connectivity index (χ3n) is 2.52. The molecule has 1 aromatic carbocycles. The fraction of sp³-hybridized carbons (Fsp3) is 0.462. The Bertz CT molecular complexity index is 379. The summed E-state index contributed by atoms with van der Waals surface area (Å²) in [6, 6.07) is 7.23. The molecule has 0 aliphatic heterocycles. The molecule has 0 fully saturated rings. The van der Waals surface area contributed by atoms with Gasteiger partial charge in [0.1, 0.15) is 0 Å². The van der Waals surface area contributed by atoms with Crippen molar-refractivity contribution in [1.29, 1.82) is 0 Å². The molecule has 2 unspecified atom stereocenters. The lowest BCUT2D eigenvalue weighted by Crippen LogP contribution is -2.33. The summed E-state index contributed by atoms with van der Waals surface area (Å²) in [5.41, 5.74) is 6.53. The summed E-state index contributed by atoms with van der Waals surface area (Å²) in [5.74, 6) is -0.0685. The van der Waals surface area contributed by atoms with Crippen molar-refractivity contribution >= 4 is 17.5 Å². The molecular weight excluding hydrogens is 252 g/mol. The average Bonchev–Trinajstić information content (AvgIpc) is 2.31. The van der Waals surface area contributed by atoms with Gasteiger partial charge in [-0.3, -0.25) is 4.79 Å². The highest BCUT2D eigenvalue weighted by molar-refractivity contribution is 6.30. The van der Waals surface area contributed by atoms with Gasteiger partial charge >= 0.3 is 0 Å². The zero-order valence-corrected chi connectivity index (χ0v) is 11.4. The van der Waals surface area contributed by atoms with Crippen molar-refractivity contribution in [3.8, 4) is 0 Å².